The van der Waals surface area contributed by atoms with Crippen LogP contribution in [0.15, 0.2) is 11.6 Å². The third kappa shape index (κ3) is 3.67. The molecule has 3 rings (SSSR count). The first kappa shape index (κ1) is 15.9. The van der Waals surface area contributed by atoms with Crippen LogP contribution >= 0.6 is 11.3 Å². The zero-order valence-corrected chi connectivity index (χ0v) is 14.1. The number of aromatic nitrogens is 2. The molecular formula is C15H24N4O2S. The van der Waals surface area contributed by atoms with E-state index in [2.05, 4.69) is 30.8 Å². The Bertz CT molecular complexity index is 606. The molecule has 1 saturated heterocycles. The lowest BCUT2D eigenvalue weighted by Gasteiger charge is -2.30. The first-order valence-corrected chi connectivity index (χ1v) is 8.59. The highest BCUT2D eigenvalue weighted by Crippen LogP contribution is 2.18. The number of hydrogen-bond donors (Lipinski definition) is 1. The van der Waals surface area contributed by atoms with Gasteiger partial charge in [0.2, 0.25) is 0 Å². The lowest BCUT2D eigenvalue weighted by Crippen LogP contribution is -2.44. The van der Waals surface area contributed by atoms with Crippen LogP contribution < -0.4 is 0 Å². The van der Waals surface area contributed by atoms with Gasteiger partial charge in [-0.2, -0.15) is 0 Å². The van der Waals surface area contributed by atoms with Gasteiger partial charge in [-0.05, 0) is 14.0 Å². The highest BCUT2D eigenvalue weighted by Gasteiger charge is 2.18. The number of aryl methyl sites for hydroxylation is 1. The van der Waals surface area contributed by atoms with E-state index in [1.807, 2.05) is 14.0 Å². The van der Waals surface area contributed by atoms with E-state index in [1.165, 1.54) is 5.69 Å². The van der Waals surface area contributed by atoms with E-state index >= 15 is 0 Å². The number of morpholine rings is 1. The second kappa shape index (κ2) is 7.06. The van der Waals surface area contributed by atoms with Crippen LogP contribution in [-0.4, -0.2) is 76.8 Å². The van der Waals surface area contributed by atoms with Crippen LogP contribution in [-0.2, 0) is 11.3 Å². The maximum absolute atomic E-state index is 10.3. The minimum absolute atomic E-state index is 0.339. The molecule has 22 heavy (non-hydrogen) atoms. The van der Waals surface area contributed by atoms with E-state index in [0.29, 0.717) is 13.1 Å². The highest BCUT2D eigenvalue weighted by molar-refractivity contribution is 7.15. The van der Waals surface area contributed by atoms with Crippen molar-refractivity contribution in [1.82, 2.24) is 19.2 Å². The summed E-state index contributed by atoms with van der Waals surface area (Å²) in [6.07, 6.45) is 1.72. The number of hydrogen-bond acceptors (Lipinski definition) is 6. The minimum atomic E-state index is -0.339. The average Bonchev–Trinajstić information content (AvgIpc) is 3.03. The maximum atomic E-state index is 10.3. The molecule has 122 valence electrons. The van der Waals surface area contributed by atoms with Gasteiger partial charge in [0.15, 0.2) is 4.96 Å². The largest absolute Gasteiger partial charge is 0.390 e. The van der Waals surface area contributed by atoms with Crippen molar-refractivity contribution in [3.8, 4) is 0 Å². The van der Waals surface area contributed by atoms with Gasteiger partial charge >= 0.3 is 0 Å². The van der Waals surface area contributed by atoms with Gasteiger partial charge in [0.1, 0.15) is 0 Å². The summed E-state index contributed by atoms with van der Waals surface area (Å²) in [7, 11) is 2.05. The molecule has 3 heterocycles. The summed E-state index contributed by atoms with van der Waals surface area (Å²) < 4.78 is 7.48. The Balaban J connectivity index is 1.54. The van der Waals surface area contributed by atoms with Crippen LogP contribution in [0.5, 0.6) is 0 Å². The Morgan fingerprint density at radius 3 is 3.00 bits per heavy atom. The lowest BCUT2D eigenvalue weighted by atomic mass is 10.2. The Kier molecular flexibility index (Phi) is 5.10. The summed E-state index contributed by atoms with van der Waals surface area (Å²) in [5.41, 5.74) is 2.28. The number of aliphatic hydroxyl groups excluding tert-OH is 1. The number of fused-ring (bicyclic) bond motifs is 1. The number of β-amino-alcohol motifs (C(OH)–C–C–N with tert-alkyl or cyclic N) is 1. The highest BCUT2D eigenvalue weighted by atomic mass is 32.1. The third-order valence-corrected chi connectivity index (χ3v) is 4.83. The van der Waals surface area contributed by atoms with Gasteiger partial charge < -0.3 is 9.84 Å². The van der Waals surface area contributed by atoms with Crippen LogP contribution in [0.4, 0.5) is 0 Å². The molecule has 1 unspecified atom stereocenters. The van der Waals surface area contributed by atoms with E-state index in [9.17, 15) is 5.11 Å². The van der Waals surface area contributed by atoms with E-state index in [1.54, 1.807) is 11.3 Å². The van der Waals surface area contributed by atoms with Crippen LogP contribution in [0.25, 0.3) is 4.96 Å². The molecule has 6 nitrogen and oxygen atoms in total. The second-order valence-electron chi connectivity index (χ2n) is 5.96. The van der Waals surface area contributed by atoms with Gasteiger partial charge in [0, 0.05) is 44.3 Å². The molecule has 1 fully saturated rings. The Hall–Kier alpha value is -0.990. The number of nitrogens with zero attached hydrogens (tertiary/aromatic N) is 4. The van der Waals surface area contributed by atoms with Gasteiger partial charge in [-0.3, -0.25) is 14.2 Å². The number of likely N-dealkylation sites (N-methyl/N-ethyl adjacent to an activating group) is 1. The normalized spacial score (nSPS) is 18.4. The van der Waals surface area contributed by atoms with Crippen molar-refractivity contribution < 1.29 is 9.84 Å². The van der Waals surface area contributed by atoms with Crippen LogP contribution in [0.1, 0.15) is 11.4 Å². The van der Waals surface area contributed by atoms with Gasteiger partial charge in [-0.1, -0.05) is 0 Å². The fraction of sp³-hybridized carbons (Fsp3) is 0.667. The predicted molar refractivity (Wildman–Crippen MR) is 87.4 cm³/mol. The number of aliphatic hydroxyl groups is 1. The van der Waals surface area contributed by atoms with Crippen LogP contribution in [0.3, 0.4) is 0 Å². The molecule has 1 aliphatic heterocycles. The summed E-state index contributed by atoms with van der Waals surface area (Å²) in [6.45, 7) is 7.59. The summed E-state index contributed by atoms with van der Waals surface area (Å²) in [6, 6.07) is 0. The third-order valence-electron chi connectivity index (χ3n) is 4.08. The van der Waals surface area contributed by atoms with E-state index in [-0.39, 0.29) is 6.10 Å². The van der Waals surface area contributed by atoms with Crippen molar-refractivity contribution in [1.29, 1.82) is 0 Å². The topological polar surface area (TPSA) is 53.2 Å². The molecule has 7 heteroatoms. The summed E-state index contributed by atoms with van der Waals surface area (Å²) in [5, 5.41) is 12.4. The quantitative estimate of drug-likeness (QED) is 0.853. The van der Waals surface area contributed by atoms with E-state index < -0.39 is 0 Å². The Morgan fingerprint density at radius 1 is 1.45 bits per heavy atom. The monoisotopic (exact) mass is 324 g/mol. The molecule has 1 atom stereocenters. The Labute approximate surface area is 134 Å². The first-order valence-electron chi connectivity index (χ1n) is 7.71. The van der Waals surface area contributed by atoms with E-state index in [4.69, 9.17) is 4.74 Å². The fourth-order valence-electron chi connectivity index (χ4n) is 2.95. The molecule has 0 bridgehead atoms. The molecule has 1 N–H and O–H groups in total. The SMILES string of the molecule is Cc1nc2sccn2c1CN(C)CC(O)CN1CCOCC1. The van der Waals surface area contributed by atoms with Crippen LogP contribution in [0, 0.1) is 6.92 Å². The van der Waals surface area contributed by atoms with E-state index in [0.717, 1.165) is 43.5 Å². The summed E-state index contributed by atoms with van der Waals surface area (Å²) in [5.74, 6) is 0. The molecule has 2 aromatic heterocycles. The van der Waals surface area contributed by atoms with Gasteiger partial charge in [-0.25, -0.2) is 4.98 Å². The van der Waals surface area contributed by atoms with Gasteiger partial charge in [-0.15, -0.1) is 11.3 Å². The zero-order valence-electron chi connectivity index (χ0n) is 13.2. The smallest absolute Gasteiger partial charge is 0.194 e. The number of imidazole rings is 1. The average molecular weight is 324 g/mol. The molecule has 0 amide bonds. The van der Waals surface area contributed by atoms with Crippen LogP contribution in [0.2, 0.25) is 0 Å². The second-order valence-corrected chi connectivity index (χ2v) is 6.84. The van der Waals surface area contributed by atoms with Crippen molar-refractivity contribution in [3.63, 3.8) is 0 Å². The van der Waals surface area contributed by atoms with Crippen molar-refractivity contribution in [2.45, 2.75) is 19.6 Å². The molecular weight excluding hydrogens is 300 g/mol. The lowest BCUT2D eigenvalue weighted by molar-refractivity contribution is 0.00816. The fourth-order valence-corrected chi connectivity index (χ4v) is 3.73. The maximum Gasteiger partial charge on any atom is 0.194 e. The Morgan fingerprint density at radius 2 is 2.23 bits per heavy atom. The van der Waals surface area contributed by atoms with Crippen molar-refractivity contribution in [2.24, 2.45) is 0 Å². The molecule has 0 radical (unpaired) electrons. The first-order chi connectivity index (χ1) is 10.6. The molecule has 2 aromatic rings. The van der Waals surface area contributed by atoms with Crippen molar-refractivity contribution >= 4 is 16.3 Å². The summed E-state index contributed by atoms with van der Waals surface area (Å²) >= 11 is 1.65. The van der Waals surface area contributed by atoms with Crippen molar-refractivity contribution in [2.75, 3.05) is 46.4 Å². The molecule has 1 aliphatic rings. The zero-order chi connectivity index (χ0) is 15.5. The standard InChI is InChI=1S/C15H24N4O2S/c1-12-14(19-5-8-22-15(19)16-12)11-17(2)9-13(20)10-18-3-6-21-7-4-18/h5,8,13,20H,3-4,6-7,9-11H2,1-2H3. The molecule has 0 spiro atoms. The molecule has 0 aliphatic carbocycles. The number of ether oxygens (including phenoxy) is 1. The van der Waals surface area contributed by atoms with Crippen molar-refractivity contribution in [3.05, 3.63) is 23.0 Å². The molecule has 0 saturated carbocycles. The summed E-state index contributed by atoms with van der Waals surface area (Å²) in [4.78, 5) is 10.0. The molecule has 0 aromatic carbocycles. The number of thiazole rings is 1. The predicted octanol–water partition coefficient (Wildman–Crippen LogP) is 0.829. The number of rotatable bonds is 6. The van der Waals surface area contributed by atoms with Gasteiger partial charge in [0.05, 0.1) is 30.7 Å². The van der Waals surface area contributed by atoms with Gasteiger partial charge in [0.25, 0.3) is 0 Å². The minimum Gasteiger partial charge on any atom is -0.390 e.